The van der Waals surface area contributed by atoms with Gasteiger partial charge in [0.1, 0.15) is 6.04 Å². The van der Waals surface area contributed by atoms with Crippen molar-refractivity contribution in [1.82, 2.24) is 10.2 Å². The standard InChI is InChI=1S/C25H24Cl2N2O2/c1-18(25(31)28-16-21-9-5-6-10-23(21)27)29(17-20-7-3-2-4-8-20)24(30)15-19-11-13-22(26)14-12-19/h2-14,18H,15-17H2,1H3,(H,28,31)/t18-/m0/s1. The minimum absolute atomic E-state index is 0.133. The zero-order valence-corrected chi connectivity index (χ0v) is 18.7. The van der Waals surface area contributed by atoms with Crippen LogP contribution in [0.25, 0.3) is 0 Å². The van der Waals surface area contributed by atoms with Crippen molar-refractivity contribution < 1.29 is 9.59 Å². The molecule has 1 atom stereocenters. The highest BCUT2D eigenvalue weighted by molar-refractivity contribution is 6.31. The molecule has 160 valence electrons. The van der Waals surface area contributed by atoms with Crippen LogP contribution in [0.2, 0.25) is 10.0 Å². The molecule has 3 rings (SSSR count). The van der Waals surface area contributed by atoms with E-state index >= 15 is 0 Å². The van der Waals surface area contributed by atoms with Crippen LogP contribution in [0.3, 0.4) is 0 Å². The zero-order valence-electron chi connectivity index (χ0n) is 17.2. The molecule has 0 bridgehead atoms. The highest BCUT2D eigenvalue weighted by Gasteiger charge is 2.26. The predicted molar refractivity (Wildman–Crippen MR) is 125 cm³/mol. The molecule has 2 amide bonds. The number of benzene rings is 3. The number of hydrogen-bond donors (Lipinski definition) is 1. The van der Waals surface area contributed by atoms with Gasteiger partial charge in [-0.1, -0.05) is 83.9 Å². The SMILES string of the molecule is C[C@@H](C(=O)NCc1ccccc1Cl)N(Cc1ccccc1)C(=O)Cc1ccc(Cl)cc1. The molecule has 0 heterocycles. The molecule has 0 aliphatic carbocycles. The fourth-order valence-electron chi connectivity index (χ4n) is 3.21. The summed E-state index contributed by atoms with van der Waals surface area (Å²) in [5.41, 5.74) is 2.63. The average Bonchev–Trinajstić information content (AvgIpc) is 2.78. The van der Waals surface area contributed by atoms with Crippen molar-refractivity contribution in [2.45, 2.75) is 32.5 Å². The van der Waals surface area contributed by atoms with E-state index in [0.717, 1.165) is 16.7 Å². The Kier molecular flexibility index (Phi) is 8.10. The average molecular weight is 455 g/mol. The van der Waals surface area contributed by atoms with E-state index in [1.54, 1.807) is 30.0 Å². The van der Waals surface area contributed by atoms with Gasteiger partial charge in [-0.05, 0) is 41.8 Å². The van der Waals surface area contributed by atoms with Crippen LogP contribution in [-0.4, -0.2) is 22.8 Å². The monoisotopic (exact) mass is 454 g/mol. The summed E-state index contributed by atoms with van der Waals surface area (Å²) in [7, 11) is 0. The van der Waals surface area contributed by atoms with Crippen LogP contribution in [0.15, 0.2) is 78.9 Å². The topological polar surface area (TPSA) is 49.4 Å². The maximum atomic E-state index is 13.2. The van der Waals surface area contributed by atoms with Gasteiger partial charge in [0.25, 0.3) is 0 Å². The number of hydrogen-bond acceptors (Lipinski definition) is 2. The van der Waals surface area contributed by atoms with Crippen LogP contribution in [0, 0.1) is 0 Å². The van der Waals surface area contributed by atoms with Gasteiger partial charge < -0.3 is 10.2 Å². The van der Waals surface area contributed by atoms with Crippen molar-refractivity contribution in [3.8, 4) is 0 Å². The summed E-state index contributed by atoms with van der Waals surface area (Å²) in [6, 6.07) is 23.5. The molecular formula is C25H24Cl2N2O2. The van der Waals surface area contributed by atoms with E-state index in [-0.39, 0.29) is 18.2 Å². The molecule has 1 N–H and O–H groups in total. The second kappa shape index (κ2) is 11.0. The summed E-state index contributed by atoms with van der Waals surface area (Å²) in [6.45, 7) is 2.38. The number of halogens is 2. The first kappa shape index (κ1) is 22.9. The second-order valence-electron chi connectivity index (χ2n) is 7.30. The summed E-state index contributed by atoms with van der Waals surface area (Å²) in [5, 5.41) is 4.11. The van der Waals surface area contributed by atoms with Gasteiger partial charge in [0, 0.05) is 23.1 Å². The van der Waals surface area contributed by atoms with Crippen LogP contribution in [0.5, 0.6) is 0 Å². The Balaban J connectivity index is 1.73. The molecule has 0 aliphatic rings. The Hall–Kier alpha value is -2.82. The van der Waals surface area contributed by atoms with Crippen LogP contribution in [0.1, 0.15) is 23.6 Å². The first-order valence-electron chi connectivity index (χ1n) is 10.0. The molecule has 0 spiro atoms. The third kappa shape index (κ3) is 6.58. The van der Waals surface area contributed by atoms with Gasteiger partial charge in [0.2, 0.25) is 11.8 Å². The van der Waals surface area contributed by atoms with Gasteiger partial charge >= 0.3 is 0 Å². The summed E-state index contributed by atoms with van der Waals surface area (Å²) < 4.78 is 0. The lowest BCUT2D eigenvalue weighted by atomic mass is 10.1. The molecular weight excluding hydrogens is 431 g/mol. The number of carbonyl (C=O) groups excluding carboxylic acids is 2. The maximum absolute atomic E-state index is 13.2. The van der Waals surface area contributed by atoms with Gasteiger partial charge in [-0.15, -0.1) is 0 Å². The molecule has 4 nitrogen and oxygen atoms in total. The lowest BCUT2D eigenvalue weighted by molar-refractivity contribution is -0.140. The van der Waals surface area contributed by atoms with E-state index in [0.29, 0.717) is 23.1 Å². The van der Waals surface area contributed by atoms with Crippen LogP contribution in [0.4, 0.5) is 0 Å². The fraction of sp³-hybridized carbons (Fsp3) is 0.200. The van der Waals surface area contributed by atoms with Crippen molar-refractivity contribution in [1.29, 1.82) is 0 Å². The minimum atomic E-state index is -0.650. The Labute approximate surface area is 192 Å². The molecule has 3 aromatic rings. The molecule has 3 aromatic carbocycles. The number of rotatable bonds is 8. The van der Waals surface area contributed by atoms with E-state index in [9.17, 15) is 9.59 Å². The first-order chi connectivity index (χ1) is 14.9. The second-order valence-corrected chi connectivity index (χ2v) is 8.14. The highest BCUT2D eigenvalue weighted by Crippen LogP contribution is 2.16. The molecule has 0 saturated carbocycles. The Bertz CT molecular complexity index is 1020. The Morgan fingerprint density at radius 1 is 0.871 bits per heavy atom. The Morgan fingerprint density at radius 3 is 2.19 bits per heavy atom. The van der Waals surface area contributed by atoms with Crippen molar-refractivity contribution >= 4 is 35.0 Å². The smallest absolute Gasteiger partial charge is 0.242 e. The van der Waals surface area contributed by atoms with Gasteiger partial charge in [0.05, 0.1) is 6.42 Å². The molecule has 0 radical (unpaired) electrons. The summed E-state index contributed by atoms with van der Waals surface area (Å²) in [6.07, 6.45) is 0.187. The zero-order chi connectivity index (χ0) is 22.2. The Morgan fingerprint density at radius 2 is 1.52 bits per heavy atom. The maximum Gasteiger partial charge on any atom is 0.242 e. The third-order valence-corrected chi connectivity index (χ3v) is 5.66. The van der Waals surface area contributed by atoms with Gasteiger partial charge in [0.15, 0.2) is 0 Å². The largest absolute Gasteiger partial charge is 0.350 e. The fourth-order valence-corrected chi connectivity index (χ4v) is 3.54. The van der Waals surface area contributed by atoms with E-state index in [2.05, 4.69) is 5.32 Å². The summed E-state index contributed by atoms with van der Waals surface area (Å²) in [5.74, 6) is -0.369. The molecule has 0 aliphatic heterocycles. The van der Waals surface area contributed by atoms with Gasteiger partial charge in [-0.25, -0.2) is 0 Å². The number of nitrogens with zero attached hydrogens (tertiary/aromatic N) is 1. The normalized spacial score (nSPS) is 11.6. The van der Waals surface area contributed by atoms with E-state index in [4.69, 9.17) is 23.2 Å². The molecule has 0 aromatic heterocycles. The third-order valence-electron chi connectivity index (χ3n) is 5.04. The van der Waals surface area contributed by atoms with Crippen LogP contribution < -0.4 is 5.32 Å². The number of carbonyl (C=O) groups is 2. The first-order valence-corrected chi connectivity index (χ1v) is 10.8. The molecule has 0 unspecified atom stereocenters. The lowest BCUT2D eigenvalue weighted by Crippen LogP contribution is -2.48. The van der Waals surface area contributed by atoms with E-state index in [1.165, 1.54) is 0 Å². The van der Waals surface area contributed by atoms with Crippen molar-refractivity contribution in [2.24, 2.45) is 0 Å². The molecule has 31 heavy (non-hydrogen) atoms. The van der Waals surface area contributed by atoms with Gasteiger partial charge in [-0.3, -0.25) is 9.59 Å². The summed E-state index contributed by atoms with van der Waals surface area (Å²) in [4.78, 5) is 27.7. The number of amides is 2. The lowest BCUT2D eigenvalue weighted by Gasteiger charge is -2.29. The number of nitrogens with one attached hydrogen (secondary N) is 1. The van der Waals surface area contributed by atoms with E-state index < -0.39 is 6.04 Å². The quantitative estimate of drug-likeness (QED) is 0.503. The molecule has 0 fully saturated rings. The molecule has 0 saturated heterocycles. The molecule has 6 heteroatoms. The van der Waals surface area contributed by atoms with Crippen LogP contribution >= 0.6 is 23.2 Å². The van der Waals surface area contributed by atoms with Crippen molar-refractivity contribution in [3.05, 3.63) is 106 Å². The van der Waals surface area contributed by atoms with Crippen LogP contribution in [-0.2, 0) is 29.1 Å². The van der Waals surface area contributed by atoms with E-state index in [1.807, 2.05) is 60.7 Å². The highest BCUT2D eigenvalue weighted by atomic mass is 35.5. The van der Waals surface area contributed by atoms with Crippen molar-refractivity contribution in [2.75, 3.05) is 0 Å². The summed E-state index contributed by atoms with van der Waals surface area (Å²) >= 11 is 12.1. The minimum Gasteiger partial charge on any atom is -0.350 e. The van der Waals surface area contributed by atoms with Gasteiger partial charge in [-0.2, -0.15) is 0 Å². The predicted octanol–water partition coefficient (Wildman–Crippen LogP) is 5.27. The van der Waals surface area contributed by atoms with Crippen molar-refractivity contribution in [3.63, 3.8) is 0 Å².